The Kier molecular flexibility index (Phi) is 6.25. The van der Waals surface area contributed by atoms with Gasteiger partial charge in [0.1, 0.15) is 11.3 Å². The van der Waals surface area contributed by atoms with Gasteiger partial charge < -0.3 is 10.1 Å². The van der Waals surface area contributed by atoms with Gasteiger partial charge in [0.2, 0.25) is 0 Å². The highest BCUT2D eigenvalue weighted by atomic mass is 35.5. The number of carbonyl (C=O) groups is 2. The van der Waals surface area contributed by atoms with Crippen LogP contribution in [0, 0.1) is 6.92 Å². The third-order valence-corrected chi connectivity index (χ3v) is 4.34. The number of benzene rings is 1. The van der Waals surface area contributed by atoms with Gasteiger partial charge >= 0.3 is 12.1 Å². The summed E-state index contributed by atoms with van der Waals surface area (Å²) < 4.78 is 44.7. The lowest BCUT2D eigenvalue weighted by Gasteiger charge is -2.19. The van der Waals surface area contributed by atoms with E-state index < -0.39 is 29.2 Å². The Bertz CT molecular complexity index is 956. The molecule has 6 nitrogen and oxygen atoms in total. The summed E-state index contributed by atoms with van der Waals surface area (Å²) >= 11 is 12.1. The number of carbonyl (C=O) groups excluding carboxylic acids is 2. The predicted octanol–water partition coefficient (Wildman–Crippen LogP) is 4.82. The third-order valence-electron chi connectivity index (χ3n) is 3.77. The molecule has 0 unspecified atom stereocenters. The molecule has 1 aromatic carbocycles. The first-order chi connectivity index (χ1) is 13.2. The number of halogens is 5. The van der Waals surface area contributed by atoms with Crippen molar-refractivity contribution >= 4 is 35.1 Å². The molecule has 2 aromatic rings. The lowest BCUT2D eigenvalue weighted by molar-refractivity contribution is -0.137. The van der Waals surface area contributed by atoms with E-state index in [-0.39, 0.29) is 32.7 Å². The van der Waals surface area contributed by atoms with Crippen LogP contribution in [0.1, 0.15) is 52.9 Å². The van der Waals surface area contributed by atoms with Crippen LogP contribution in [0.4, 0.5) is 13.2 Å². The number of hydrogen-bond acceptors (Lipinski definition) is 4. The number of ether oxygens (including phenoxy) is 1. The maximum atomic E-state index is 13.0. The monoisotopic (exact) mass is 451 g/mol. The zero-order valence-electron chi connectivity index (χ0n) is 16.2. The fraction of sp³-hybridized carbons (Fsp3) is 0.389. The van der Waals surface area contributed by atoms with Gasteiger partial charge in [-0.3, -0.25) is 4.79 Å². The van der Waals surface area contributed by atoms with Gasteiger partial charge in [0.05, 0.1) is 28.4 Å². The molecule has 11 heteroatoms. The van der Waals surface area contributed by atoms with Crippen molar-refractivity contribution in [3.8, 4) is 5.69 Å². The molecule has 0 aliphatic heterocycles. The van der Waals surface area contributed by atoms with Crippen molar-refractivity contribution in [3.05, 3.63) is 44.7 Å². The largest absolute Gasteiger partial charge is 0.465 e. The van der Waals surface area contributed by atoms with Crippen molar-refractivity contribution in [2.24, 2.45) is 0 Å². The zero-order valence-corrected chi connectivity index (χ0v) is 17.7. The van der Waals surface area contributed by atoms with Crippen LogP contribution in [-0.2, 0) is 10.9 Å². The number of amides is 1. The first-order valence-electron chi connectivity index (χ1n) is 8.24. The minimum atomic E-state index is -4.65. The van der Waals surface area contributed by atoms with Crippen LogP contribution < -0.4 is 5.32 Å². The minimum Gasteiger partial charge on any atom is -0.465 e. The summed E-state index contributed by atoms with van der Waals surface area (Å²) in [5.41, 5.74) is -2.07. The Balaban J connectivity index is 2.72. The number of methoxy groups -OCH3 is 1. The maximum Gasteiger partial charge on any atom is 0.416 e. The first-order valence-corrected chi connectivity index (χ1v) is 9.00. The van der Waals surface area contributed by atoms with Crippen LogP contribution in [0.15, 0.2) is 12.1 Å². The van der Waals surface area contributed by atoms with E-state index in [1.807, 2.05) is 0 Å². The van der Waals surface area contributed by atoms with E-state index in [2.05, 4.69) is 10.4 Å². The fourth-order valence-corrected chi connectivity index (χ4v) is 3.20. The Morgan fingerprint density at radius 3 is 2.07 bits per heavy atom. The molecule has 158 valence electrons. The average Bonchev–Trinajstić information content (AvgIpc) is 2.88. The number of aromatic nitrogens is 2. The van der Waals surface area contributed by atoms with E-state index in [4.69, 9.17) is 27.9 Å². The van der Waals surface area contributed by atoms with Gasteiger partial charge in [-0.05, 0) is 39.8 Å². The quantitative estimate of drug-likeness (QED) is 0.678. The molecule has 0 radical (unpaired) electrons. The summed E-state index contributed by atoms with van der Waals surface area (Å²) in [5, 5.41) is 6.06. The molecule has 1 amide bonds. The molecule has 1 heterocycles. The molecule has 0 spiro atoms. The molecular weight excluding hydrogens is 434 g/mol. The number of esters is 1. The van der Waals surface area contributed by atoms with Crippen LogP contribution in [0.3, 0.4) is 0 Å². The summed E-state index contributed by atoms with van der Waals surface area (Å²) in [7, 11) is 1.13. The summed E-state index contributed by atoms with van der Waals surface area (Å²) in [4.78, 5) is 24.9. The third kappa shape index (κ3) is 4.84. The highest BCUT2D eigenvalue weighted by Crippen LogP contribution is 2.38. The van der Waals surface area contributed by atoms with Crippen molar-refractivity contribution in [1.29, 1.82) is 0 Å². The number of nitrogens with one attached hydrogen (secondary N) is 1. The van der Waals surface area contributed by atoms with Crippen molar-refractivity contribution in [3.63, 3.8) is 0 Å². The normalized spacial score (nSPS) is 12.1. The standard InChI is InChI=1S/C18H18Cl2F3N3O3/c1-8-12(16(28)29-5)13(15(27)24-17(2,3)4)25-26(8)14-10(19)6-9(7-11(14)20)18(21,22)23/h6-7H,1-5H3,(H,24,27). The molecule has 0 saturated heterocycles. The molecule has 0 fully saturated rings. The van der Waals surface area contributed by atoms with Gasteiger partial charge in [-0.1, -0.05) is 23.2 Å². The predicted molar refractivity (Wildman–Crippen MR) is 102 cm³/mol. The van der Waals surface area contributed by atoms with E-state index in [9.17, 15) is 22.8 Å². The lowest BCUT2D eigenvalue weighted by atomic mass is 10.1. The summed E-state index contributed by atoms with van der Waals surface area (Å²) in [6.07, 6.45) is -4.65. The van der Waals surface area contributed by atoms with E-state index >= 15 is 0 Å². The smallest absolute Gasteiger partial charge is 0.416 e. The zero-order chi connectivity index (χ0) is 22.3. The summed E-state index contributed by atoms with van der Waals surface area (Å²) in [5.74, 6) is -1.51. The van der Waals surface area contributed by atoms with Gasteiger partial charge in [-0.2, -0.15) is 18.3 Å². The molecule has 1 aromatic heterocycles. The van der Waals surface area contributed by atoms with Gasteiger partial charge in [0.15, 0.2) is 5.69 Å². The van der Waals surface area contributed by atoms with E-state index in [1.165, 1.54) is 6.92 Å². The lowest BCUT2D eigenvalue weighted by Crippen LogP contribution is -2.41. The number of rotatable bonds is 3. The molecule has 0 atom stereocenters. The Labute approximate surface area is 174 Å². The van der Waals surface area contributed by atoms with Gasteiger partial charge in [-0.25, -0.2) is 9.48 Å². The highest BCUT2D eigenvalue weighted by Gasteiger charge is 2.34. The minimum absolute atomic E-state index is 0.0983. The van der Waals surface area contributed by atoms with Crippen molar-refractivity contribution in [2.75, 3.05) is 7.11 Å². The average molecular weight is 452 g/mol. The molecule has 0 aliphatic rings. The van der Waals surface area contributed by atoms with Crippen molar-refractivity contribution in [1.82, 2.24) is 15.1 Å². The number of alkyl halides is 3. The Morgan fingerprint density at radius 1 is 1.14 bits per heavy atom. The van der Waals surface area contributed by atoms with Crippen LogP contribution in [0.2, 0.25) is 10.0 Å². The molecule has 29 heavy (non-hydrogen) atoms. The molecule has 0 aliphatic carbocycles. The number of hydrogen-bond donors (Lipinski definition) is 1. The fourth-order valence-electron chi connectivity index (χ4n) is 2.56. The summed E-state index contributed by atoms with van der Waals surface area (Å²) in [6, 6.07) is 1.38. The van der Waals surface area contributed by atoms with E-state index in [1.54, 1.807) is 20.8 Å². The highest BCUT2D eigenvalue weighted by molar-refractivity contribution is 6.38. The topological polar surface area (TPSA) is 73.2 Å². The number of nitrogens with zero attached hydrogens (tertiary/aromatic N) is 2. The molecule has 0 saturated carbocycles. The first kappa shape index (κ1) is 23.0. The van der Waals surface area contributed by atoms with Gasteiger partial charge in [-0.15, -0.1) is 0 Å². The van der Waals surface area contributed by atoms with Crippen molar-refractivity contribution < 1.29 is 27.5 Å². The Morgan fingerprint density at radius 2 is 1.66 bits per heavy atom. The maximum absolute atomic E-state index is 13.0. The van der Waals surface area contributed by atoms with Gasteiger partial charge in [0, 0.05) is 5.54 Å². The SMILES string of the molecule is COC(=O)c1c(C(=O)NC(C)(C)C)nn(-c2c(Cl)cc(C(F)(F)F)cc2Cl)c1C. The van der Waals surface area contributed by atoms with Gasteiger partial charge in [0.25, 0.3) is 5.91 Å². The summed E-state index contributed by atoms with van der Waals surface area (Å²) in [6.45, 7) is 6.64. The second-order valence-electron chi connectivity index (χ2n) is 7.20. The molecule has 0 bridgehead atoms. The molecular formula is C18H18Cl2F3N3O3. The van der Waals surface area contributed by atoms with Crippen LogP contribution in [0.5, 0.6) is 0 Å². The Hall–Kier alpha value is -2.26. The van der Waals surface area contributed by atoms with Crippen molar-refractivity contribution in [2.45, 2.75) is 39.4 Å². The van der Waals surface area contributed by atoms with Crippen LogP contribution in [0.25, 0.3) is 5.69 Å². The molecule has 1 N–H and O–H groups in total. The second-order valence-corrected chi connectivity index (χ2v) is 8.02. The van der Waals surface area contributed by atoms with Crippen LogP contribution in [-0.4, -0.2) is 34.3 Å². The van der Waals surface area contributed by atoms with E-state index in [0.717, 1.165) is 11.8 Å². The second kappa shape index (κ2) is 7.87. The van der Waals surface area contributed by atoms with E-state index in [0.29, 0.717) is 12.1 Å². The van der Waals surface area contributed by atoms with Crippen LogP contribution >= 0.6 is 23.2 Å². The molecule has 2 rings (SSSR count).